The van der Waals surface area contributed by atoms with E-state index in [-0.39, 0.29) is 10.6 Å². The van der Waals surface area contributed by atoms with Gasteiger partial charge in [0.1, 0.15) is 4.21 Å². The monoisotopic (exact) mass is 333 g/mol. The minimum absolute atomic E-state index is 0.141. The Hall–Kier alpha value is -0.920. The largest absolute Gasteiger partial charge is 0.481 e. The van der Waals surface area contributed by atoms with E-state index in [1.54, 1.807) is 6.07 Å². The van der Waals surface area contributed by atoms with Crippen molar-refractivity contribution in [3.05, 3.63) is 17.0 Å². The Balaban J connectivity index is 2.36. The SMILES string of the molecule is CCCCCCCCNS(=O)(=O)c1ccc(CC(=O)O)s1. The topological polar surface area (TPSA) is 83.5 Å². The third-order valence-electron chi connectivity index (χ3n) is 3.05. The summed E-state index contributed by atoms with van der Waals surface area (Å²) in [6, 6.07) is 3.02. The molecule has 0 atom stereocenters. The van der Waals surface area contributed by atoms with E-state index in [1.807, 2.05) is 0 Å². The molecular formula is C14H23NO4S2. The van der Waals surface area contributed by atoms with Gasteiger partial charge in [0.05, 0.1) is 6.42 Å². The molecule has 0 radical (unpaired) electrons. The van der Waals surface area contributed by atoms with Crippen LogP contribution in [0.2, 0.25) is 0 Å². The van der Waals surface area contributed by atoms with E-state index in [9.17, 15) is 13.2 Å². The summed E-state index contributed by atoms with van der Waals surface area (Å²) >= 11 is 1.01. The van der Waals surface area contributed by atoms with Gasteiger partial charge in [0, 0.05) is 11.4 Å². The Morgan fingerprint density at radius 2 is 1.86 bits per heavy atom. The summed E-state index contributed by atoms with van der Waals surface area (Å²) in [7, 11) is -3.50. The normalized spacial score (nSPS) is 11.7. The Morgan fingerprint density at radius 3 is 2.52 bits per heavy atom. The average molecular weight is 333 g/mol. The van der Waals surface area contributed by atoms with Gasteiger partial charge in [-0.15, -0.1) is 11.3 Å². The maximum atomic E-state index is 12.0. The summed E-state index contributed by atoms with van der Waals surface area (Å²) < 4.78 is 26.8. The third kappa shape index (κ3) is 7.06. The van der Waals surface area contributed by atoms with E-state index in [4.69, 9.17) is 5.11 Å². The van der Waals surface area contributed by atoms with Gasteiger partial charge in [-0.2, -0.15) is 0 Å². The lowest BCUT2D eigenvalue weighted by Crippen LogP contribution is -2.23. The molecule has 1 aromatic rings. The second kappa shape index (κ2) is 9.17. The lowest BCUT2D eigenvalue weighted by atomic mass is 10.1. The van der Waals surface area contributed by atoms with Crippen molar-refractivity contribution in [3.63, 3.8) is 0 Å². The molecule has 0 aliphatic heterocycles. The molecule has 2 N–H and O–H groups in total. The summed E-state index contributed by atoms with van der Waals surface area (Å²) in [5.41, 5.74) is 0. The molecule has 0 aliphatic rings. The van der Waals surface area contributed by atoms with E-state index < -0.39 is 16.0 Å². The van der Waals surface area contributed by atoms with Gasteiger partial charge in [0.25, 0.3) is 0 Å². The highest BCUT2D eigenvalue weighted by atomic mass is 32.2. The molecule has 21 heavy (non-hydrogen) atoms. The first-order chi connectivity index (χ1) is 9.95. The van der Waals surface area contributed by atoms with Crippen LogP contribution >= 0.6 is 11.3 Å². The maximum Gasteiger partial charge on any atom is 0.308 e. The van der Waals surface area contributed by atoms with Crippen LogP contribution in [-0.4, -0.2) is 26.0 Å². The summed E-state index contributed by atoms with van der Waals surface area (Å²) in [5, 5.41) is 8.68. The highest BCUT2D eigenvalue weighted by molar-refractivity contribution is 7.91. The number of thiophene rings is 1. The molecule has 0 aliphatic carbocycles. The van der Waals surface area contributed by atoms with Gasteiger partial charge in [-0.3, -0.25) is 4.79 Å². The zero-order chi connectivity index (χ0) is 15.7. The van der Waals surface area contributed by atoms with Crippen LogP contribution in [0.15, 0.2) is 16.3 Å². The average Bonchev–Trinajstić information content (AvgIpc) is 2.86. The van der Waals surface area contributed by atoms with Crippen molar-refractivity contribution in [3.8, 4) is 0 Å². The van der Waals surface area contributed by atoms with Gasteiger partial charge in [-0.05, 0) is 18.6 Å². The number of carboxylic acids is 1. The van der Waals surface area contributed by atoms with Crippen molar-refractivity contribution in [2.45, 2.75) is 56.1 Å². The number of rotatable bonds is 11. The van der Waals surface area contributed by atoms with E-state index >= 15 is 0 Å². The molecule has 0 unspecified atom stereocenters. The molecule has 0 aromatic carbocycles. The van der Waals surface area contributed by atoms with E-state index in [2.05, 4.69) is 11.6 Å². The Labute approximate surface area is 130 Å². The maximum absolute atomic E-state index is 12.0. The molecular weight excluding hydrogens is 310 g/mol. The van der Waals surface area contributed by atoms with Gasteiger partial charge in [-0.1, -0.05) is 39.0 Å². The fourth-order valence-electron chi connectivity index (χ4n) is 1.93. The molecule has 0 saturated heterocycles. The summed E-state index contributed by atoms with van der Waals surface area (Å²) in [6.45, 7) is 2.59. The van der Waals surface area contributed by atoms with Gasteiger partial charge in [0.15, 0.2) is 0 Å². The number of nitrogens with one attached hydrogen (secondary N) is 1. The molecule has 0 saturated carbocycles. The Morgan fingerprint density at radius 1 is 1.19 bits per heavy atom. The van der Waals surface area contributed by atoms with E-state index in [0.717, 1.165) is 30.6 Å². The minimum atomic E-state index is -3.50. The van der Waals surface area contributed by atoms with Crippen molar-refractivity contribution in [2.24, 2.45) is 0 Å². The van der Waals surface area contributed by atoms with Crippen LogP contribution in [0.3, 0.4) is 0 Å². The molecule has 0 fully saturated rings. The van der Waals surface area contributed by atoms with Gasteiger partial charge in [-0.25, -0.2) is 13.1 Å². The van der Waals surface area contributed by atoms with Gasteiger partial charge in [0.2, 0.25) is 10.0 Å². The predicted octanol–water partition coefficient (Wildman–Crippen LogP) is 3.01. The van der Waals surface area contributed by atoms with Crippen molar-refractivity contribution < 1.29 is 18.3 Å². The number of aliphatic carboxylic acids is 1. The van der Waals surface area contributed by atoms with Crippen LogP contribution in [0.5, 0.6) is 0 Å². The highest BCUT2D eigenvalue weighted by Crippen LogP contribution is 2.21. The molecule has 1 aromatic heterocycles. The molecule has 1 heterocycles. The molecule has 5 nitrogen and oxygen atoms in total. The molecule has 0 amide bonds. The summed E-state index contributed by atoms with van der Waals surface area (Å²) in [4.78, 5) is 11.1. The molecule has 1 rings (SSSR count). The van der Waals surface area contributed by atoms with Crippen LogP contribution in [0, 0.1) is 0 Å². The van der Waals surface area contributed by atoms with Crippen LogP contribution in [-0.2, 0) is 21.2 Å². The van der Waals surface area contributed by atoms with Crippen molar-refractivity contribution >= 4 is 27.3 Å². The van der Waals surface area contributed by atoms with Crippen molar-refractivity contribution in [2.75, 3.05) is 6.54 Å². The van der Waals surface area contributed by atoms with Gasteiger partial charge < -0.3 is 5.11 Å². The van der Waals surface area contributed by atoms with Crippen LogP contribution < -0.4 is 4.72 Å². The number of sulfonamides is 1. The number of unbranched alkanes of at least 4 members (excludes halogenated alkanes) is 5. The number of hydrogen-bond acceptors (Lipinski definition) is 4. The fourth-order valence-corrected chi connectivity index (χ4v) is 4.40. The lowest BCUT2D eigenvalue weighted by molar-refractivity contribution is -0.136. The van der Waals surface area contributed by atoms with E-state index in [0.29, 0.717) is 11.4 Å². The van der Waals surface area contributed by atoms with Crippen molar-refractivity contribution in [1.82, 2.24) is 4.72 Å². The summed E-state index contributed by atoms with van der Waals surface area (Å²) in [5.74, 6) is -0.958. The van der Waals surface area contributed by atoms with Crippen molar-refractivity contribution in [1.29, 1.82) is 0 Å². The molecule has 0 spiro atoms. The first kappa shape index (κ1) is 18.1. The zero-order valence-corrected chi connectivity index (χ0v) is 13.9. The Bertz CT molecular complexity index is 537. The summed E-state index contributed by atoms with van der Waals surface area (Å²) in [6.07, 6.45) is 6.48. The third-order valence-corrected chi connectivity index (χ3v) is 6.09. The van der Waals surface area contributed by atoms with Gasteiger partial charge >= 0.3 is 5.97 Å². The smallest absolute Gasteiger partial charge is 0.308 e. The highest BCUT2D eigenvalue weighted by Gasteiger charge is 2.16. The number of carbonyl (C=O) groups is 1. The first-order valence-electron chi connectivity index (χ1n) is 7.26. The van der Waals surface area contributed by atoms with E-state index in [1.165, 1.54) is 25.3 Å². The quantitative estimate of drug-likeness (QED) is 0.610. The second-order valence-corrected chi connectivity index (χ2v) is 8.12. The van der Waals surface area contributed by atoms with Crippen LogP contribution in [0.1, 0.15) is 50.3 Å². The minimum Gasteiger partial charge on any atom is -0.481 e. The number of carboxylic acid groups (broad SMARTS) is 1. The number of hydrogen-bond donors (Lipinski definition) is 2. The standard InChI is InChI=1S/C14H23NO4S2/c1-2-3-4-5-6-7-10-15-21(18,19)14-9-8-12(20-14)11-13(16)17/h8-9,15H,2-7,10-11H2,1H3,(H,16,17). The predicted molar refractivity (Wildman–Crippen MR) is 84.2 cm³/mol. The second-order valence-electron chi connectivity index (χ2n) is 4.96. The van der Waals surface area contributed by atoms with Crippen LogP contribution in [0.25, 0.3) is 0 Å². The first-order valence-corrected chi connectivity index (χ1v) is 9.56. The Kier molecular flexibility index (Phi) is 7.92. The fraction of sp³-hybridized carbons (Fsp3) is 0.643. The lowest BCUT2D eigenvalue weighted by Gasteiger charge is -2.04. The molecule has 0 bridgehead atoms. The molecule has 120 valence electrons. The molecule has 7 heteroatoms. The van der Waals surface area contributed by atoms with Crippen LogP contribution in [0.4, 0.5) is 0 Å². The zero-order valence-electron chi connectivity index (χ0n) is 12.3.